The molecule has 1 aromatic carbocycles. The number of nitrogens with zero attached hydrogens (tertiary/aromatic N) is 3. The monoisotopic (exact) mass is 634 g/mol. The van der Waals surface area contributed by atoms with E-state index in [0.717, 1.165) is 10.7 Å². The number of hydrogen-bond acceptors (Lipinski definition) is 10. The van der Waals surface area contributed by atoms with Crippen LogP contribution in [0.5, 0.6) is 0 Å². The minimum atomic E-state index is -1.16. The number of carboxylic acids is 1. The molecule has 0 radical (unpaired) electrons. The lowest BCUT2D eigenvalue weighted by atomic mass is 10.1. The number of aliphatic carboxylic acids is 1. The van der Waals surface area contributed by atoms with Gasteiger partial charge in [-0.15, -0.1) is 35.3 Å². The Kier molecular flexibility index (Phi) is 9.92. The first-order valence-corrected chi connectivity index (χ1v) is 16.6. The van der Waals surface area contributed by atoms with Gasteiger partial charge in [-0.3, -0.25) is 14.5 Å². The summed E-state index contributed by atoms with van der Waals surface area (Å²) in [4.78, 5) is 48.9. The molecule has 0 unspecified atom stereocenters. The molecular formula is C22H20Cl2N4O4S5. The molecule has 0 saturated carbocycles. The second kappa shape index (κ2) is 12.8. The molecule has 4 rings (SSSR count). The molecule has 37 heavy (non-hydrogen) atoms. The van der Waals surface area contributed by atoms with Gasteiger partial charge in [0, 0.05) is 31.4 Å². The van der Waals surface area contributed by atoms with Crippen LogP contribution in [0.4, 0.5) is 0 Å². The van der Waals surface area contributed by atoms with E-state index >= 15 is 0 Å². The van der Waals surface area contributed by atoms with Gasteiger partial charge in [-0.05, 0) is 37.4 Å². The maximum absolute atomic E-state index is 12.9. The molecule has 1 fully saturated rings. The zero-order valence-electron chi connectivity index (χ0n) is 19.4. The number of fused-ring (bicyclic) bond motifs is 1. The summed E-state index contributed by atoms with van der Waals surface area (Å²) in [6, 6.07) is 6.09. The van der Waals surface area contributed by atoms with Crippen molar-refractivity contribution >= 4 is 99.8 Å². The summed E-state index contributed by atoms with van der Waals surface area (Å²) in [6.45, 7) is 1.90. The quantitative estimate of drug-likeness (QED) is 0.120. The van der Waals surface area contributed by atoms with Crippen molar-refractivity contribution in [3.63, 3.8) is 0 Å². The molecule has 0 aliphatic carbocycles. The van der Waals surface area contributed by atoms with Crippen LogP contribution in [0.1, 0.15) is 5.69 Å². The van der Waals surface area contributed by atoms with Crippen LogP contribution in [0.25, 0.3) is 0 Å². The SMILES string of the molecule is CSc1nc(C)cc(SCSC2=C(C(=O)O)N3C(=O)[C@@H](NC(=O)CSc4cc(Cl)ccc4Cl)[C@H]3SC2)n1. The number of nitrogens with one attached hydrogen (secondary N) is 1. The van der Waals surface area contributed by atoms with Gasteiger partial charge in [-0.25, -0.2) is 14.8 Å². The van der Waals surface area contributed by atoms with Gasteiger partial charge in [-0.1, -0.05) is 46.7 Å². The summed E-state index contributed by atoms with van der Waals surface area (Å²) >= 11 is 19.1. The summed E-state index contributed by atoms with van der Waals surface area (Å²) in [6.07, 6.45) is 1.91. The lowest BCUT2D eigenvalue weighted by Gasteiger charge is -2.49. The standard InChI is InChI=1S/C22H20Cl2N4O4S5/c1-10-5-16(27-22(25-10)33-2)37-9-36-14-7-35-20-17(19(30)28(20)18(14)21(31)32)26-15(29)8-34-13-6-11(23)3-4-12(13)24/h3-6,17,20H,7-9H2,1-2H3,(H,26,29)(H,31,32)/t17-,20-/m1/s1. The fourth-order valence-electron chi connectivity index (χ4n) is 3.49. The fourth-order valence-corrected chi connectivity index (χ4v) is 9.02. The van der Waals surface area contributed by atoms with Gasteiger partial charge >= 0.3 is 5.97 Å². The molecule has 15 heteroatoms. The van der Waals surface area contributed by atoms with Gasteiger partial charge in [-0.2, -0.15) is 0 Å². The lowest BCUT2D eigenvalue weighted by Crippen LogP contribution is -2.70. The Balaban J connectivity index is 1.36. The second-order valence-electron chi connectivity index (χ2n) is 7.64. The number of carbonyl (C=O) groups excluding carboxylic acids is 2. The van der Waals surface area contributed by atoms with E-state index in [1.165, 1.54) is 63.7 Å². The van der Waals surface area contributed by atoms with Crippen molar-refractivity contribution in [2.45, 2.75) is 33.4 Å². The van der Waals surface area contributed by atoms with Crippen LogP contribution in [-0.2, 0) is 14.4 Å². The molecule has 1 saturated heterocycles. The normalized spacial score (nSPS) is 18.9. The Morgan fingerprint density at radius 1 is 1.22 bits per heavy atom. The number of carboxylic acid groups (broad SMARTS) is 1. The smallest absolute Gasteiger partial charge is 0.353 e. The number of amides is 2. The third-order valence-electron chi connectivity index (χ3n) is 5.14. The van der Waals surface area contributed by atoms with Crippen LogP contribution in [0, 0.1) is 6.92 Å². The van der Waals surface area contributed by atoms with E-state index in [9.17, 15) is 19.5 Å². The Hall–Kier alpha value is -1.22. The van der Waals surface area contributed by atoms with Crippen LogP contribution in [0.2, 0.25) is 10.0 Å². The molecule has 0 bridgehead atoms. The number of carbonyl (C=O) groups is 3. The van der Waals surface area contributed by atoms with Gasteiger partial charge in [0.2, 0.25) is 5.91 Å². The van der Waals surface area contributed by atoms with E-state index < -0.39 is 23.3 Å². The van der Waals surface area contributed by atoms with Crippen molar-refractivity contribution in [3.8, 4) is 0 Å². The molecule has 2 atom stereocenters. The third-order valence-corrected chi connectivity index (χ3v) is 11.0. The Morgan fingerprint density at radius 2 is 2.00 bits per heavy atom. The maximum atomic E-state index is 12.9. The molecule has 2 N–H and O–H groups in total. The van der Waals surface area contributed by atoms with Gasteiger partial charge in [0.25, 0.3) is 5.91 Å². The van der Waals surface area contributed by atoms with Crippen LogP contribution < -0.4 is 5.32 Å². The van der Waals surface area contributed by atoms with E-state index in [0.29, 0.717) is 35.8 Å². The highest BCUT2D eigenvalue weighted by Gasteiger charge is 2.54. The van der Waals surface area contributed by atoms with Crippen molar-refractivity contribution < 1.29 is 19.5 Å². The van der Waals surface area contributed by atoms with Gasteiger partial charge in [0.1, 0.15) is 22.1 Å². The van der Waals surface area contributed by atoms with Crippen LogP contribution in [-0.4, -0.2) is 72.0 Å². The molecule has 8 nitrogen and oxygen atoms in total. The third kappa shape index (κ3) is 6.87. The first-order chi connectivity index (χ1) is 17.7. The van der Waals surface area contributed by atoms with Gasteiger partial charge in [0.15, 0.2) is 5.16 Å². The number of rotatable bonds is 10. The Labute approximate surface area is 244 Å². The van der Waals surface area contributed by atoms with Gasteiger partial charge < -0.3 is 10.4 Å². The van der Waals surface area contributed by atoms with Gasteiger partial charge in [0.05, 0.1) is 10.8 Å². The summed E-state index contributed by atoms with van der Waals surface area (Å²) in [5.41, 5.74) is 0.843. The summed E-state index contributed by atoms with van der Waals surface area (Å²) < 4.78 is 0. The largest absolute Gasteiger partial charge is 0.477 e. The zero-order chi connectivity index (χ0) is 26.7. The van der Waals surface area contributed by atoms with E-state index in [2.05, 4.69) is 15.3 Å². The number of halogens is 2. The number of β-lactam (4-membered cyclic amide) rings is 1. The van der Waals surface area contributed by atoms with Crippen molar-refractivity contribution in [1.82, 2.24) is 20.2 Å². The predicted molar refractivity (Wildman–Crippen MR) is 154 cm³/mol. The lowest BCUT2D eigenvalue weighted by molar-refractivity contribution is -0.150. The van der Waals surface area contributed by atoms with Crippen molar-refractivity contribution in [2.24, 2.45) is 0 Å². The summed E-state index contributed by atoms with van der Waals surface area (Å²) in [5.74, 6) is -1.47. The number of benzene rings is 1. The average Bonchev–Trinajstić information content (AvgIpc) is 2.86. The molecule has 2 amide bonds. The number of aryl methyl sites for hydroxylation is 1. The minimum absolute atomic E-state index is 0.0198. The minimum Gasteiger partial charge on any atom is -0.477 e. The number of aromatic nitrogens is 2. The zero-order valence-corrected chi connectivity index (χ0v) is 25.0. The van der Waals surface area contributed by atoms with Crippen LogP contribution >= 0.6 is 82.0 Å². The molecular weight excluding hydrogens is 616 g/mol. The highest BCUT2D eigenvalue weighted by atomic mass is 35.5. The second-order valence-corrected chi connectivity index (χ2v) is 13.8. The molecule has 2 aromatic rings. The summed E-state index contributed by atoms with van der Waals surface area (Å²) in [5, 5.41) is 15.2. The van der Waals surface area contributed by atoms with Crippen molar-refractivity contribution in [3.05, 3.63) is 50.6 Å². The first kappa shape index (κ1) is 28.8. The molecule has 1 aromatic heterocycles. The van der Waals surface area contributed by atoms with Crippen molar-refractivity contribution in [1.29, 1.82) is 0 Å². The Bertz CT molecular complexity index is 1280. The molecule has 0 spiro atoms. The fraction of sp³-hybridized carbons (Fsp3) is 0.318. The summed E-state index contributed by atoms with van der Waals surface area (Å²) in [7, 11) is 0. The van der Waals surface area contributed by atoms with E-state index in [-0.39, 0.29) is 17.4 Å². The van der Waals surface area contributed by atoms with E-state index in [1.54, 1.807) is 18.2 Å². The van der Waals surface area contributed by atoms with E-state index in [1.807, 2.05) is 19.2 Å². The average molecular weight is 636 g/mol. The Morgan fingerprint density at radius 3 is 2.73 bits per heavy atom. The molecule has 3 heterocycles. The van der Waals surface area contributed by atoms with Crippen LogP contribution in [0.3, 0.4) is 0 Å². The topological polar surface area (TPSA) is 112 Å². The molecule has 2 aliphatic rings. The number of thioether (sulfide) groups is 5. The molecule has 196 valence electrons. The predicted octanol–water partition coefficient (Wildman–Crippen LogP) is 5.08. The van der Waals surface area contributed by atoms with Crippen molar-refractivity contribution in [2.75, 3.05) is 22.8 Å². The highest BCUT2D eigenvalue weighted by Crippen LogP contribution is 2.44. The highest BCUT2D eigenvalue weighted by molar-refractivity contribution is 8.18. The van der Waals surface area contributed by atoms with E-state index in [4.69, 9.17) is 23.2 Å². The maximum Gasteiger partial charge on any atom is 0.353 e. The molecule has 2 aliphatic heterocycles. The first-order valence-electron chi connectivity index (χ1n) is 10.6. The van der Waals surface area contributed by atoms with Crippen LogP contribution in [0.15, 0.2) is 49.9 Å². The number of hydrogen-bond donors (Lipinski definition) is 2.